The molecular formula is C30H42FN3O7. The fraction of sp³-hybridized carbons (Fsp3) is 0.500. The summed E-state index contributed by atoms with van der Waals surface area (Å²) >= 11 is 0. The number of likely N-dealkylation sites (tertiary alicyclic amines) is 1. The van der Waals surface area contributed by atoms with Gasteiger partial charge < -0.3 is 35.2 Å². The van der Waals surface area contributed by atoms with Crippen molar-refractivity contribution in [2.75, 3.05) is 26.7 Å². The number of urea groups is 1. The number of carbonyl (C=O) groups excluding carboxylic acids is 2. The number of ketones is 1. The average molecular weight is 576 g/mol. The first-order valence-electron chi connectivity index (χ1n) is 13.7. The zero-order valence-electron chi connectivity index (χ0n) is 24.1. The second-order valence-electron chi connectivity index (χ2n) is 10.6. The molecule has 0 saturated carbocycles. The number of aliphatic carboxylic acids is 1. The molecule has 226 valence electrons. The molecule has 4 N–H and O–H groups in total. The van der Waals surface area contributed by atoms with Gasteiger partial charge in [0.25, 0.3) is 0 Å². The van der Waals surface area contributed by atoms with Crippen molar-refractivity contribution in [1.82, 2.24) is 15.1 Å². The van der Waals surface area contributed by atoms with Crippen LogP contribution in [0.4, 0.5) is 9.18 Å². The lowest BCUT2D eigenvalue weighted by atomic mass is 10.0. The Hall–Kier alpha value is -3.54. The Labute approximate surface area is 240 Å². The standard InChI is InChI=1S/C25H34FN3O2.C5H8O5/c1-19(2)18-31-24-10-6-20(7-11-24)16-27-25(30)29(23-12-14-28(3)15-13-23)17-21-4-8-22(26)9-5-21;1-2(6)3(7)4(8)5(9)10/h4-11,19,23H,12-18H2,1-3H3,(H,27,30);3-4,7-8H,1H3,(H,9,10)/t;3-,4+/m.0/s1. The van der Waals surface area contributed by atoms with E-state index >= 15 is 0 Å². The number of Topliss-reactive ketones (excluding diaryl/α,β-unsaturated/α-hetero) is 1. The SMILES string of the molecule is CC(=O)[C@H](O)[C@@H](O)C(=O)O.CC(C)COc1ccc(CNC(=O)N(Cc2ccc(F)cc2)C2CCN(C)CC2)cc1. The second kappa shape index (κ2) is 16.7. The molecule has 2 atom stereocenters. The topological polar surface area (TPSA) is 140 Å². The maximum absolute atomic E-state index is 13.3. The van der Waals surface area contributed by atoms with Gasteiger partial charge in [0.05, 0.1) is 6.61 Å². The monoisotopic (exact) mass is 575 g/mol. The van der Waals surface area contributed by atoms with Gasteiger partial charge in [0.1, 0.15) is 17.7 Å². The van der Waals surface area contributed by atoms with E-state index in [1.807, 2.05) is 29.2 Å². The molecule has 1 aliphatic rings. The largest absolute Gasteiger partial charge is 0.493 e. The van der Waals surface area contributed by atoms with Gasteiger partial charge in [-0.1, -0.05) is 38.1 Å². The molecule has 0 bridgehead atoms. The number of carboxylic acid groups (broad SMARTS) is 1. The number of hydrogen-bond donors (Lipinski definition) is 4. The average Bonchev–Trinajstić information content (AvgIpc) is 2.95. The summed E-state index contributed by atoms with van der Waals surface area (Å²) in [6.07, 6.45) is -1.96. The summed E-state index contributed by atoms with van der Waals surface area (Å²) in [5.41, 5.74) is 1.96. The first-order valence-corrected chi connectivity index (χ1v) is 13.7. The number of carboxylic acids is 1. The molecule has 11 heteroatoms. The predicted molar refractivity (Wildman–Crippen MR) is 152 cm³/mol. The highest BCUT2D eigenvalue weighted by Gasteiger charge is 2.28. The maximum Gasteiger partial charge on any atom is 0.335 e. The van der Waals surface area contributed by atoms with E-state index in [9.17, 15) is 18.8 Å². The Morgan fingerprint density at radius 2 is 1.56 bits per heavy atom. The van der Waals surface area contributed by atoms with Gasteiger partial charge in [0, 0.05) is 19.1 Å². The number of carbonyl (C=O) groups is 3. The van der Waals surface area contributed by atoms with Crippen LogP contribution >= 0.6 is 0 Å². The van der Waals surface area contributed by atoms with Crippen LogP contribution in [0.3, 0.4) is 0 Å². The molecule has 0 aliphatic carbocycles. The van der Waals surface area contributed by atoms with Gasteiger partial charge in [-0.25, -0.2) is 14.0 Å². The van der Waals surface area contributed by atoms with Crippen molar-refractivity contribution in [3.63, 3.8) is 0 Å². The third-order valence-corrected chi connectivity index (χ3v) is 6.57. The van der Waals surface area contributed by atoms with Crippen molar-refractivity contribution in [2.24, 2.45) is 5.92 Å². The van der Waals surface area contributed by atoms with Gasteiger partial charge in [0.15, 0.2) is 11.9 Å². The number of nitrogens with one attached hydrogen (secondary N) is 1. The lowest BCUT2D eigenvalue weighted by molar-refractivity contribution is -0.156. The van der Waals surface area contributed by atoms with Crippen molar-refractivity contribution in [3.05, 3.63) is 65.5 Å². The van der Waals surface area contributed by atoms with Gasteiger partial charge in [-0.3, -0.25) is 4.79 Å². The molecule has 0 aromatic heterocycles. The summed E-state index contributed by atoms with van der Waals surface area (Å²) in [6, 6.07) is 14.3. The molecule has 1 aliphatic heterocycles. The second-order valence-corrected chi connectivity index (χ2v) is 10.6. The highest BCUT2D eigenvalue weighted by molar-refractivity contribution is 5.87. The molecule has 1 fully saturated rings. The molecule has 2 aromatic carbocycles. The van der Waals surface area contributed by atoms with Crippen LogP contribution in [0, 0.1) is 11.7 Å². The van der Waals surface area contributed by atoms with E-state index in [2.05, 4.69) is 31.1 Å². The zero-order valence-corrected chi connectivity index (χ0v) is 24.1. The summed E-state index contributed by atoms with van der Waals surface area (Å²) in [7, 11) is 2.11. The summed E-state index contributed by atoms with van der Waals surface area (Å²) in [4.78, 5) is 37.4. The van der Waals surface area contributed by atoms with E-state index in [-0.39, 0.29) is 17.9 Å². The van der Waals surface area contributed by atoms with Crippen molar-refractivity contribution < 1.29 is 38.8 Å². The number of aliphatic hydroxyl groups is 2. The number of piperidine rings is 1. The Kier molecular flexibility index (Phi) is 13.7. The Morgan fingerprint density at radius 3 is 2.05 bits per heavy atom. The van der Waals surface area contributed by atoms with Crippen LogP contribution in [0.2, 0.25) is 0 Å². The van der Waals surface area contributed by atoms with Crippen molar-refractivity contribution in [1.29, 1.82) is 0 Å². The fourth-order valence-electron chi connectivity index (χ4n) is 4.06. The van der Waals surface area contributed by atoms with Crippen LogP contribution in [0.25, 0.3) is 0 Å². The number of rotatable bonds is 11. The zero-order chi connectivity index (χ0) is 30.5. The van der Waals surface area contributed by atoms with E-state index < -0.39 is 24.0 Å². The Bertz CT molecular complexity index is 1090. The summed E-state index contributed by atoms with van der Waals surface area (Å²) < 4.78 is 19.0. The third-order valence-electron chi connectivity index (χ3n) is 6.57. The predicted octanol–water partition coefficient (Wildman–Crippen LogP) is 3.05. The summed E-state index contributed by atoms with van der Waals surface area (Å²) in [5, 5.41) is 28.2. The van der Waals surface area contributed by atoms with Crippen molar-refractivity contribution >= 4 is 17.8 Å². The Morgan fingerprint density at radius 1 is 1.00 bits per heavy atom. The van der Waals surface area contributed by atoms with E-state index in [1.165, 1.54) is 12.1 Å². The minimum Gasteiger partial charge on any atom is -0.493 e. The maximum atomic E-state index is 13.3. The molecule has 10 nitrogen and oxygen atoms in total. The number of nitrogens with zero attached hydrogens (tertiary/aromatic N) is 2. The fourth-order valence-corrected chi connectivity index (χ4v) is 4.06. The highest BCUT2D eigenvalue weighted by Crippen LogP contribution is 2.19. The van der Waals surface area contributed by atoms with Crippen LogP contribution in [0.15, 0.2) is 48.5 Å². The van der Waals surface area contributed by atoms with Gasteiger partial charge in [0.2, 0.25) is 0 Å². The lowest BCUT2D eigenvalue weighted by Crippen LogP contribution is -2.49. The summed E-state index contributed by atoms with van der Waals surface area (Å²) in [6.45, 7) is 8.78. The van der Waals surface area contributed by atoms with Gasteiger partial charge >= 0.3 is 12.0 Å². The van der Waals surface area contributed by atoms with Gasteiger partial charge in [-0.2, -0.15) is 0 Å². The van der Waals surface area contributed by atoms with Crippen LogP contribution < -0.4 is 10.1 Å². The third kappa shape index (κ3) is 11.8. The first-order chi connectivity index (χ1) is 19.4. The first kappa shape index (κ1) is 33.7. The smallest absolute Gasteiger partial charge is 0.335 e. The molecule has 1 saturated heterocycles. The number of benzene rings is 2. The Balaban J connectivity index is 0.000000503. The van der Waals surface area contributed by atoms with Crippen LogP contribution in [-0.4, -0.2) is 87.9 Å². The van der Waals surface area contributed by atoms with Gasteiger partial charge in [-0.05, 0) is 81.2 Å². The quantitative estimate of drug-likeness (QED) is 0.321. The number of amides is 2. The molecule has 1 heterocycles. The van der Waals surface area contributed by atoms with Gasteiger partial charge in [-0.15, -0.1) is 0 Å². The highest BCUT2D eigenvalue weighted by atomic mass is 19.1. The normalized spacial score (nSPS) is 15.3. The van der Waals surface area contributed by atoms with E-state index in [0.717, 1.165) is 49.7 Å². The number of halogens is 1. The molecule has 41 heavy (non-hydrogen) atoms. The minimum absolute atomic E-state index is 0.0842. The summed E-state index contributed by atoms with van der Waals surface area (Å²) in [5.74, 6) is -1.32. The van der Waals surface area contributed by atoms with E-state index in [0.29, 0.717) is 25.6 Å². The van der Waals surface area contributed by atoms with Crippen molar-refractivity contribution in [3.8, 4) is 5.75 Å². The molecule has 2 aromatic rings. The molecular weight excluding hydrogens is 533 g/mol. The van der Waals surface area contributed by atoms with Crippen LogP contribution in [-0.2, 0) is 22.7 Å². The van der Waals surface area contributed by atoms with Crippen LogP contribution in [0.5, 0.6) is 5.75 Å². The number of hydrogen-bond acceptors (Lipinski definition) is 7. The van der Waals surface area contributed by atoms with Crippen molar-refractivity contribution in [2.45, 2.75) is 65.0 Å². The molecule has 2 amide bonds. The minimum atomic E-state index is -2.02. The molecule has 3 rings (SSSR count). The molecule has 0 radical (unpaired) electrons. The van der Waals surface area contributed by atoms with E-state index in [1.54, 1.807) is 12.1 Å². The number of aliphatic hydroxyl groups excluding tert-OH is 2. The number of ether oxygens (including phenoxy) is 1. The molecule has 0 unspecified atom stereocenters. The molecule has 0 spiro atoms. The lowest BCUT2D eigenvalue weighted by Gasteiger charge is -2.37. The van der Waals surface area contributed by atoms with E-state index in [4.69, 9.17) is 20.1 Å². The van der Waals surface area contributed by atoms with Crippen LogP contribution in [0.1, 0.15) is 44.7 Å².